The number of benzene rings is 3. The Bertz CT molecular complexity index is 1210. The number of halogens is 1. The molecule has 0 aliphatic carbocycles. The molecular formula is C29H31FN2O3. The molecule has 35 heavy (non-hydrogen) atoms. The lowest BCUT2D eigenvalue weighted by Gasteiger charge is -2.37. The number of carbonyl (C=O) groups excluding carboxylic acids is 2. The molecular weight excluding hydrogens is 443 g/mol. The van der Waals surface area contributed by atoms with Crippen molar-refractivity contribution in [1.82, 2.24) is 10.2 Å². The fraction of sp³-hybridized carbons (Fsp3) is 0.310. The van der Waals surface area contributed by atoms with Gasteiger partial charge < -0.3 is 15.0 Å². The Labute approximate surface area is 205 Å². The van der Waals surface area contributed by atoms with Crippen molar-refractivity contribution in [3.63, 3.8) is 0 Å². The second-order valence-electron chi connectivity index (χ2n) is 9.00. The fourth-order valence-corrected chi connectivity index (χ4v) is 4.60. The summed E-state index contributed by atoms with van der Waals surface area (Å²) in [5, 5.41) is 2.88. The Morgan fingerprint density at radius 3 is 2.57 bits per heavy atom. The molecule has 0 saturated heterocycles. The molecule has 0 fully saturated rings. The summed E-state index contributed by atoms with van der Waals surface area (Å²) in [5.74, 6) is 0.0837. The van der Waals surface area contributed by atoms with Crippen molar-refractivity contribution in [2.45, 2.75) is 52.3 Å². The number of carbonyl (C=O) groups is 2. The number of nitrogens with one attached hydrogen (secondary N) is 1. The predicted octanol–water partition coefficient (Wildman–Crippen LogP) is 5.10. The molecule has 1 aliphatic heterocycles. The van der Waals surface area contributed by atoms with Gasteiger partial charge in [0.05, 0.1) is 6.04 Å². The van der Waals surface area contributed by atoms with Gasteiger partial charge in [0.2, 0.25) is 5.91 Å². The summed E-state index contributed by atoms with van der Waals surface area (Å²) < 4.78 is 19.3. The molecule has 2 atom stereocenters. The maximum atomic E-state index is 13.1. The lowest BCUT2D eigenvalue weighted by Crippen LogP contribution is -2.39. The third kappa shape index (κ3) is 5.70. The molecule has 1 heterocycles. The first-order valence-electron chi connectivity index (χ1n) is 12.0. The van der Waals surface area contributed by atoms with Gasteiger partial charge in [-0.15, -0.1) is 0 Å². The molecule has 0 saturated carbocycles. The SMILES string of the molecule is CC[C@H](Oc1ccc2c(c1)[C@@H](c1cccc(C)c1)N(C(C)=O)CC2)C(=O)NCc1ccc(F)cc1. The summed E-state index contributed by atoms with van der Waals surface area (Å²) >= 11 is 0. The number of hydrogen-bond donors (Lipinski definition) is 1. The lowest BCUT2D eigenvalue weighted by molar-refractivity contribution is -0.131. The largest absolute Gasteiger partial charge is 0.481 e. The van der Waals surface area contributed by atoms with E-state index >= 15 is 0 Å². The normalized spacial score (nSPS) is 15.8. The van der Waals surface area contributed by atoms with Crippen LogP contribution in [0.25, 0.3) is 0 Å². The highest BCUT2D eigenvalue weighted by Crippen LogP contribution is 2.37. The highest BCUT2D eigenvalue weighted by Gasteiger charge is 2.31. The molecule has 3 aromatic carbocycles. The van der Waals surface area contributed by atoms with Crippen LogP contribution < -0.4 is 10.1 Å². The molecule has 0 bridgehead atoms. The zero-order chi connectivity index (χ0) is 24.9. The lowest BCUT2D eigenvalue weighted by atomic mass is 9.87. The molecule has 5 nitrogen and oxygen atoms in total. The molecule has 1 aliphatic rings. The second kappa shape index (κ2) is 10.7. The summed E-state index contributed by atoms with van der Waals surface area (Å²) in [5.41, 5.74) is 5.21. The molecule has 0 spiro atoms. The number of rotatable bonds is 7. The summed E-state index contributed by atoms with van der Waals surface area (Å²) in [6, 6.07) is 19.9. The van der Waals surface area contributed by atoms with Crippen LogP contribution in [0.15, 0.2) is 66.7 Å². The van der Waals surface area contributed by atoms with Crippen molar-refractivity contribution in [1.29, 1.82) is 0 Å². The van der Waals surface area contributed by atoms with Crippen molar-refractivity contribution in [2.24, 2.45) is 0 Å². The van der Waals surface area contributed by atoms with E-state index in [1.54, 1.807) is 19.1 Å². The molecule has 182 valence electrons. The minimum absolute atomic E-state index is 0.0279. The number of ether oxygens (including phenoxy) is 1. The maximum Gasteiger partial charge on any atom is 0.261 e. The van der Waals surface area contributed by atoms with E-state index in [-0.39, 0.29) is 23.7 Å². The van der Waals surface area contributed by atoms with Crippen LogP contribution in [0.1, 0.15) is 54.1 Å². The van der Waals surface area contributed by atoms with Gasteiger partial charge in [-0.2, -0.15) is 0 Å². The van der Waals surface area contributed by atoms with Crippen LogP contribution in [0.2, 0.25) is 0 Å². The first-order valence-corrected chi connectivity index (χ1v) is 12.0. The van der Waals surface area contributed by atoms with E-state index < -0.39 is 6.10 Å². The van der Waals surface area contributed by atoms with Gasteiger partial charge in [0, 0.05) is 20.0 Å². The van der Waals surface area contributed by atoms with E-state index in [9.17, 15) is 14.0 Å². The standard InChI is InChI=1S/C29H31FN2O3/c1-4-27(29(34)31-18-21-8-11-24(30)12-9-21)35-25-13-10-22-14-15-32(20(3)33)28(26(22)17-25)23-7-5-6-19(2)16-23/h5-13,16-17,27-28H,4,14-15,18H2,1-3H3,(H,31,34)/t27-,28+/m0/s1. The summed E-state index contributed by atoms with van der Waals surface area (Å²) in [7, 11) is 0. The number of hydrogen-bond acceptors (Lipinski definition) is 3. The van der Waals surface area contributed by atoms with E-state index in [1.807, 2.05) is 55.1 Å². The molecule has 0 radical (unpaired) electrons. The van der Waals surface area contributed by atoms with Crippen LogP contribution in [0.4, 0.5) is 4.39 Å². The fourth-order valence-electron chi connectivity index (χ4n) is 4.60. The van der Waals surface area contributed by atoms with Gasteiger partial charge in [0.25, 0.3) is 5.91 Å². The quantitative estimate of drug-likeness (QED) is 0.518. The molecule has 0 aromatic heterocycles. The van der Waals surface area contributed by atoms with Crippen molar-refractivity contribution in [3.8, 4) is 5.75 Å². The average Bonchev–Trinajstić information content (AvgIpc) is 2.85. The van der Waals surface area contributed by atoms with Gasteiger partial charge in [-0.1, -0.05) is 55.0 Å². The maximum absolute atomic E-state index is 13.1. The van der Waals surface area contributed by atoms with Gasteiger partial charge in [-0.25, -0.2) is 4.39 Å². The Hall–Kier alpha value is -3.67. The molecule has 0 unspecified atom stereocenters. The third-order valence-electron chi connectivity index (χ3n) is 6.43. The smallest absolute Gasteiger partial charge is 0.261 e. The van der Waals surface area contributed by atoms with Crippen LogP contribution >= 0.6 is 0 Å². The monoisotopic (exact) mass is 474 g/mol. The van der Waals surface area contributed by atoms with Crippen LogP contribution in [0.3, 0.4) is 0 Å². The van der Waals surface area contributed by atoms with Gasteiger partial charge in [0.1, 0.15) is 11.6 Å². The number of nitrogens with zero attached hydrogens (tertiary/aromatic N) is 1. The zero-order valence-corrected chi connectivity index (χ0v) is 20.4. The van der Waals surface area contributed by atoms with Crippen molar-refractivity contribution in [3.05, 3.63) is 100 Å². The Kier molecular flexibility index (Phi) is 7.49. The first kappa shape index (κ1) is 24.5. The van der Waals surface area contributed by atoms with Gasteiger partial charge in [-0.05, 0) is 66.3 Å². The van der Waals surface area contributed by atoms with E-state index in [1.165, 1.54) is 17.7 Å². The molecule has 3 aromatic rings. The highest BCUT2D eigenvalue weighted by atomic mass is 19.1. The third-order valence-corrected chi connectivity index (χ3v) is 6.43. The van der Waals surface area contributed by atoms with Gasteiger partial charge in [-0.3, -0.25) is 9.59 Å². The van der Waals surface area contributed by atoms with Crippen LogP contribution in [-0.2, 0) is 22.6 Å². The summed E-state index contributed by atoms with van der Waals surface area (Å²) in [4.78, 5) is 27.2. The van der Waals surface area contributed by atoms with Gasteiger partial charge >= 0.3 is 0 Å². The number of fused-ring (bicyclic) bond motifs is 1. The van der Waals surface area contributed by atoms with Crippen molar-refractivity contribution in [2.75, 3.05) is 6.54 Å². The minimum atomic E-state index is -0.668. The van der Waals surface area contributed by atoms with Crippen LogP contribution in [0.5, 0.6) is 5.75 Å². The summed E-state index contributed by atoms with van der Waals surface area (Å²) in [6.45, 7) is 6.50. The van der Waals surface area contributed by atoms with E-state index in [4.69, 9.17) is 4.74 Å². The number of amides is 2. The average molecular weight is 475 g/mol. The van der Waals surface area contributed by atoms with E-state index in [0.29, 0.717) is 25.3 Å². The molecule has 1 N–H and O–H groups in total. The molecule has 2 amide bonds. The molecule has 6 heteroatoms. The Balaban J connectivity index is 1.55. The minimum Gasteiger partial charge on any atom is -0.481 e. The Morgan fingerprint density at radius 2 is 1.89 bits per heavy atom. The van der Waals surface area contributed by atoms with Crippen molar-refractivity contribution >= 4 is 11.8 Å². The van der Waals surface area contributed by atoms with E-state index in [0.717, 1.165) is 28.7 Å². The van der Waals surface area contributed by atoms with Crippen molar-refractivity contribution < 1.29 is 18.7 Å². The van der Waals surface area contributed by atoms with Crippen LogP contribution in [0, 0.1) is 12.7 Å². The van der Waals surface area contributed by atoms with Crippen LogP contribution in [-0.4, -0.2) is 29.4 Å². The Morgan fingerprint density at radius 1 is 1.11 bits per heavy atom. The zero-order valence-electron chi connectivity index (χ0n) is 20.4. The highest BCUT2D eigenvalue weighted by molar-refractivity contribution is 5.81. The van der Waals surface area contributed by atoms with Gasteiger partial charge in [0.15, 0.2) is 6.10 Å². The second-order valence-corrected chi connectivity index (χ2v) is 9.00. The molecule has 4 rings (SSSR count). The van der Waals surface area contributed by atoms with E-state index in [2.05, 4.69) is 11.4 Å². The number of aryl methyl sites for hydroxylation is 1. The predicted molar refractivity (Wildman–Crippen MR) is 134 cm³/mol. The first-order chi connectivity index (χ1) is 16.9. The topological polar surface area (TPSA) is 58.6 Å². The summed E-state index contributed by atoms with van der Waals surface area (Å²) in [6.07, 6.45) is 0.596.